The van der Waals surface area contributed by atoms with Gasteiger partial charge in [-0.15, -0.1) is 0 Å². The van der Waals surface area contributed by atoms with Gasteiger partial charge in [0.05, 0.1) is 11.9 Å². The van der Waals surface area contributed by atoms with Crippen LogP contribution >= 0.6 is 0 Å². The number of aldehydes is 1. The Balaban J connectivity index is 1.55. The minimum Gasteiger partial charge on any atom is -0.329 e. The van der Waals surface area contributed by atoms with Crippen molar-refractivity contribution in [2.75, 3.05) is 24.5 Å². The van der Waals surface area contributed by atoms with E-state index in [0.717, 1.165) is 42.5 Å². The summed E-state index contributed by atoms with van der Waals surface area (Å²) in [5, 5.41) is 4.59. The molecular weight excluding hydrogens is 352 g/mol. The standard InChI is InChI=1S/C22H30N4O2/c1-17-15-26(18-3-5-22(6-4-18)7-9-23-10-8-22)21-20(17)13-19(14-24-21)25(16-28)11-2-12-27/h12-16,18,23H,2-11H2,1H3. The summed E-state index contributed by atoms with van der Waals surface area (Å²) in [5.74, 6) is 0. The highest BCUT2D eigenvalue weighted by Gasteiger charge is 2.36. The summed E-state index contributed by atoms with van der Waals surface area (Å²) in [6, 6.07) is 2.54. The van der Waals surface area contributed by atoms with E-state index in [4.69, 9.17) is 4.98 Å². The first-order chi connectivity index (χ1) is 13.7. The van der Waals surface area contributed by atoms with Crippen molar-refractivity contribution >= 4 is 29.4 Å². The lowest BCUT2D eigenvalue weighted by molar-refractivity contribution is -0.108. The number of carbonyl (C=O) groups is 2. The van der Waals surface area contributed by atoms with Gasteiger partial charge in [0, 0.05) is 30.6 Å². The molecule has 1 aliphatic heterocycles. The number of hydrogen-bond donors (Lipinski definition) is 1. The molecule has 2 aliphatic rings. The van der Waals surface area contributed by atoms with Gasteiger partial charge in [-0.05, 0) is 75.6 Å². The number of piperidine rings is 1. The molecule has 0 atom stereocenters. The van der Waals surface area contributed by atoms with Gasteiger partial charge in [0.1, 0.15) is 11.9 Å². The molecule has 0 bridgehead atoms. The highest BCUT2D eigenvalue weighted by atomic mass is 16.1. The molecule has 3 heterocycles. The van der Waals surface area contributed by atoms with Gasteiger partial charge in [-0.3, -0.25) is 4.79 Å². The van der Waals surface area contributed by atoms with Crippen molar-refractivity contribution in [3.05, 3.63) is 24.0 Å². The van der Waals surface area contributed by atoms with Gasteiger partial charge in [0.2, 0.25) is 6.41 Å². The molecule has 2 aromatic rings. The first-order valence-corrected chi connectivity index (χ1v) is 10.5. The predicted octanol–water partition coefficient (Wildman–Crippen LogP) is 3.38. The van der Waals surface area contributed by atoms with E-state index in [1.54, 1.807) is 11.1 Å². The number of fused-ring (bicyclic) bond motifs is 1. The Morgan fingerprint density at radius 1 is 1.25 bits per heavy atom. The van der Waals surface area contributed by atoms with Crippen LogP contribution in [-0.2, 0) is 9.59 Å². The number of pyridine rings is 1. The summed E-state index contributed by atoms with van der Waals surface area (Å²) in [7, 11) is 0. The molecule has 1 saturated heterocycles. The number of nitrogens with zero attached hydrogens (tertiary/aromatic N) is 3. The van der Waals surface area contributed by atoms with Gasteiger partial charge in [-0.25, -0.2) is 4.98 Å². The second kappa shape index (κ2) is 8.03. The van der Waals surface area contributed by atoms with Crippen molar-refractivity contribution in [2.24, 2.45) is 5.41 Å². The number of aryl methyl sites for hydroxylation is 1. The van der Waals surface area contributed by atoms with E-state index in [2.05, 4.69) is 23.0 Å². The number of nitrogens with one attached hydrogen (secondary N) is 1. The molecule has 6 heteroatoms. The molecule has 0 unspecified atom stereocenters. The van der Waals surface area contributed by atoms with Crippen LogP contribution in [0.1, 0.15) is 56.6 Å². The van der Waals surface area contributed by atoms with Crippen LogP contribution in [0, 0.1) is 12.3 Å². The minimum absolute atomic E-state index is 0.329. The third-order valence-corrected chi connectivity index (χ3v) is 6.87. The molecule has 1 saturated carbocycles. The monoisotopic (exact) mass is 382 g/mol. The second-order valence-corrected chi connectivity index (χ2v) is 8.52. The van der Waals surface area contributed by atoms with E-state index in [1.807, 2.05) is 6.07 Å². The smallest absolute Gasteiger partial charge is 0.214 e. The molecule has 1 aliphatic carbocycles. The Morgan fingerprint density at radius 2 is 2.00 bits per heavy atom. The third kappa shape index (κ3) is 3.58. The van der Waals surface area contributed by atoms with Crippen LogP contribution in [0.25, 0.3) is 11.0 Å². The summed E-state index contributed by atoms with van der Waals surface area (Å²) < 4.78 is 2.36. The van der Waals surface area contributed by atoms with Gasteiger partial charge >= 0.3 is 0 Å². The molecule has 4 rings (SSSR count). The van der Waals surface area contributed by atoms with Crippen LogP contribution < -0.4 is 10.2 Å². The molecule has 1 N–H and O–H groups in total. The normalized spacial score (nSPS) is 19.8. The number of hydrogen-bond acceptors (Lipinski definition) is 4. The molecular formula is C22H30N4O2. The molecule has 1 spiro atoms. The largest absolute Gasteiger partial charge is 0.329 e. The van der Waals surface area contributed by atoms with E-state index in [0.29, 0.717) is 24.4 Å². The number of rotatable bonds is 6. The van der Waals surface area contributed by atoms with E-state index in [1.165, 1.54) is 44.1 Å². The van der Waals surface area contributed by atoms with Crippen molar-refractivity contribution in [3.8, 4) is 0 Å². The summed E-state index contributed by atoms with van der Waals surface area (Å²) in [5.41, 5.74) is 3.51. The number of anilines is 1. The Hall–Kier alpha value is -2.21. The van der Waals surface area contributed by atoms with Crippen molar-refractivity contribution in [1.82, 2.24) is 14.9 Å². The maximum atomic E-state index is 11.4. The SMILES string of the molecule is Cc1cn(C2CCC3(CCNCC3)CC2)c2ncc(N(C=O)CCC=O)cc12. The summed E-state index contributed by atoms with van der Waals surface area (Å²) in [6.07, 6.45) is 13.6. The fourth-order valence-corrected chi connectivity index (χ4v) is 5.10. The fourth-order valence-electron chi connectivity index (χ4n) is 5.10. The van der Waals surface area contributed by atoms with Crippen LogP contribution in [0.4, 0.5) is 5.69 Å². The molecule has 2 aromatic heterocycles. The quantitative estimate of drug-likeness (QED) is 0.778. The van der Waals surface area contributed by atoms with Crippen LogP contribution in [0.5, 0.6) is 0 Å². The minimum atomic E-state index is 0.329. The van der Waals surface area contributed by atoms with Crippen LogP contribution in [-0.4, -0.2) is 41.9 Å². The van der Waals surface area contributed by atoms with Gasteiger partial charge < -0.3 is 19.6 Å². The summed E-state index contributed by atoms with van der Waals surface area (Å²) >= 11 is 0. The molecule has 2 fully saturated rings. The van der Waals surface area contributed by atoms with Crippen molar-refractivity contribution < 1.29 is 9.59 Å². The number of amides is 1. The zero-order valence-electron chi connectivity index (χ0n) is 16.7. The molecule has 1 amide bonds. The van der Waals surface area contributed by atoms with Crippen LogP contribution in [0.2, 0.25) is 0 Å². The zero-order chi connectivity index (χ0) is 19.6. The first-order valence-electron chi connectivity index (χ1n) is 10.5. The Bertz CT molecular complexity index is 844. The molecule has 0 radical (unpaired) electrons. The lowest BCUT2D eigenvalue weighted by atomic mass is 9.67. The Labute approximate surface area is 166 Å². The lowest BCUT2D eigenvalue weighted by Crippen LogP contribution is -2.39. The van der Waals surface area contributed by atoms with Gasteiger partial charge in [-0.1, -0.05) is 0 Å². The van der Waals surface area contributed by atoms with Crippen molar-refractivity contribution in [1.29, 1.82) is 0 Å². The third-order valence-electron chi connectivity index (χ3n) is 6.87. The Morgan fingerprint density at radius 3 is 2.68 bits per heavy atom. The van der Waals surface area contributed by atoms with Crippen LogP contribution in [0.15, 0.2) is 18.5 Å². The van der Waals surface area contributed by atoms with Gasteiger partial charge in [-0.2, -0.15) is 0 Å². The second-order valence-electron chi connectivity index (χ2n) is 8.52. The van der Waals surface area contributed by atoms with E-state index in [9.17, 15) is 9.59 Å². The van der Waals surface area contributed by atoms with E-state index in [-0.39, 0.29) is 0 Å². The molecule has 0 aromatic carbocycles. The predicted molar refractivity (Wildman–Crippen MR) is 111 cm³/mol. The average Bonchev–Trinajstić information content (AvgIpc) is 3.06. The Kier molecular flexibility index (Phi) is 5.49. The van der Waals surface area contributed by atoms with Crippen LogP contribution in [0.3, 0.4) is 0 Å². The molecule has 150 valence electrons. The summed E-state index contributed by atoms with van der Waals surface area (Å²) in [6.45, 7) is 4.83. The van der Waals surface area contributed by atoms with Gasteiger partial charge in [0.25, 0.3) is 0 Å². The van der Waals surface area contributed by atoms with E-state index < -0.39 is 0 Å². The lowest BCUT2D eigenvalue weighted by Gasteiger charge is -2.43. The van der Waals surface area contributed by atoms with E-state index >= 15 is 0 Å². The number of aromatic nitrogens is 2. The maximum Gasteiger partial charge on any atom is 0.214 e. The maximum absolute atomic E-state index is 11.4. The fraction of sp³-hybridized carbons (Fsp3) is 0.591. The highest BCUT2D eigenvalue weighted by molar-refractivity contribution is 5.87. The zero-order valence-corrected chi connectivity index (χ0v) is 16.7. The van der Waals surface area contributed by atoms with Crippen molar-refractivity contribution in [3.63, 3.8) is 0 Å². The average molecular weight is 383 g/mol. The topological polar surface area (TPSA) is 67.2 Å². The molecule has 28 heavy (non-hydrogen) atoms. The first kappa shape index (κ1) is 19.1. The highest BCUT2D eigenvalue weighted by Crippen LogP contribution is 2.47. The summed E-state index contributed by atoms with van der Waals surface area (Å²) in [4.78, 5) is 28.3. The van der Waals surface area contributed by atoms with Gasteiger partial charge in [0.15, 0.2) is 0 Å². The van der Waals surface area contributed by atoms with Crippen molar-refractivity contribution in [2.45, 2.75) is 57.9 Å². The number of carbonyl (C=O) groups excluding carboxylic acids is 2. The molecule has 6 nitrogen and oxygen atoms in total.